The SMILES string of the molecule is C1=C\CC/C=C\CC/1.C[C]1[CH][P][C](CP(c2ccccc2C)c2ccccc2C)[C]1C.C[C]1[C](C)[C](C)[C](C)[C]1C.F[B-](F)(F)F.[Fe].[Rh]. The van der Waals surface area contributed by atoms with E-state index in [1.807, 2.05) is 0 Å². The predicted octanol–water partition coefficient (Wildman–Crippen LogP) is 12.5. The van der Waals surface area contributed by atoms with Crippen LogP contribution in [-0.4, -0.2) is 13.4 Å². The van der Waals surface area contributed by atoms with Crippen LogP contribution in [0.4, 0.5) is 17.3 Å². The van der Waals surface area contributed by atoms with Gasteiger partial charge in [-0.15, -0.1) is 0 Å². The van der Waals surface area contributed by atoms with Crippen LogP contribution in [0, 0.1) is 67.1 Å². The van der Waals surface area contributed by atoms with Crippen LogP contribution in [0.15, 0.2) is 72.8 Å². The summed E-state index contributed by atoms with van der Waals surface area (Å²) in [6.45, 7) is 20.0. The van der Waals surface area contributed by atoms with Crippen LogP contribution in [0.25, 0.3) is 0 Å². The van der Waals surface area contributed by atoms with E-state index in [1.54, 1.807) is 5.66 Å². The quantitative estimate of drug-likeness (QED) is 0.125. The number of hydrogen-bond donors (Lipinski definition) is 0. The van der Waals surface area contributed by atoms with Gasteiger partial charge in [-0.25, -0.2) is 0 Å². The van der Waals surface area contributed by atoms with Gasteiger partial charge >= 0.3 is 7.25 Å². The molecule has 0 unspecified atom stereocenters. The van der Waals surface area contributed by atoms with Crippen molar-refractivity contribution in [3.63, 3.8) is 0 Å². The number of hydrogen-bond acceptors (Lipinski definition) is 0. The van der Waals surface area contributed by atoms with Crippen LogP contribution < -0.4 is 10.6 Å². The average molecular weight is 826 g/mol. The first kappa shape index (κ1) is 47.7. The van der Waals surface area contributed by atoms with Crippen molar-refractivity contribution < 1.29 is 53.8 Å². The van der Waals surface area contributed by atoms with E-state index in [2.05, 4.69) is 141 Å². The van der Waals surface area contributed by atoms with Gasteiger partial charge in [0.25, 0.3) is 0 Å². The van der Waals surface area contributed by atoms with Crippen molar-refractivity contribution in [1.29, 1.82) is 0 Å². The van der Waals surface area contributed by atoms with Crippen LogP contribution in [0.3, 0.4) is 0 Å². The van der Waals surface area contributed by atoms with Gasteiger partial charge in [-0.3, -0.25) is 0 Å². The van der Waals surface area contributed by atoms with E-state index < -0.39 is 7.25 Å². The Balaban J connectivity index is 0.000000731. The van der Waals surface area contributed by atoms with Crippen LogP contribution in [0.5, 0.6) is 0 Å². The molecule has 0 amide bonds. The molecule has 0 aromatic heterocycles. The van der Waals surface area contributed by atoms with Gasteiger partial charge in [0.15, 0.2) is 0 Å². The Morgan fingerprint density at radius 1 is 0.562 bits per heavy atom. The molecule has 0 spiro atoms. The molecule has 0 atom stereocenters. The zero-order valence-corrected chi connectivity index (χ0v) is 34.2. The van der Waals surface area contributed by atoms with Gasteiger partial charge in [-0.05, 0) is 123 Å². The molecule has 11 radical (unpaired) electrons. The van der Waals surface area contributed by atoms with Gasteiger partial charge in [-0.1, -0.05) is 130 Å². The summed E-state index contributed by atoms with van der Waals surface area (Å²) < 4.78 is 39.0. The number of rotatable bonds is 4. The Hall–Kier alpha value is -0.292. The number of halogens is 4. The van der Waals surface area contributed by atoms with Gasteiger partial charge in [0.2, 0.25) is 0 Å². The molecule has 48 heavy (non-hydrogen) atoms. The molecule has 0 nitrogen and oxygen atoms in total. The molecule has 2 fully saturated rings. The second-order valence-electron chi connectivity index (χ2n) is 11.9. The minimum Gasteiger partial charge on any atom is -0.418 e. The molecule has 1 aliphatic heterocycles. The van der Waals surface area contributed by atoms with Crippen molar-refractivity contribution in [2.75, 3.05) is 6.16 Å². The average Bonchev–Trinajstić information content (AvgIpc) is 3.38. The molecule has 0 N–H and O–H groups in total. The van der Waals surface area contributed by atoms with Crippen LogP contribution >= 0.6 is 16.5 Å². The molecule has 2 aromatic carbocycles. The summed E-state index contributed by atoms with van der Waals surface area (Å²) in [5.74, 6) is 10.3. The summed E-state index contributed by atoms with van der Waals surface area (Å²) in [5, 5.41) is 3.05. The summed E-state index contributed by atoms with van der Waals surface area (Å²) in [6, 6.07) is 17.8. The summed E-state index contributed by atoms with van der Waals surface area (Å²) in [5.41, 5.74) is 4.43. The zero-order valence-electron chi connectivity index (χ0n) is 29.7. The molecule has 1 heterocycles. The number of aryl methyl sites for hydroxylation is 2. The minimum atomic E-state index is -6.00. The van der Waals surface area contributed by atoms with Crippen molar-refractivity contribution in [1.82, 2.24) is 0 Å². The second-order valence-corrected chi connectivity index (χ2v) is 15.1. The summed E-state index contributed by atoms with van der Waals surface area (Å²) in [7, 11) is -4.95. The van der Waals surface area contributed by atoms with Gasteiger partial charge in [0, 0.05) is 42.2 Å². The number of benzene rings is 2. The molecule has 1 saturated heterocycles. The largest absolute Gasteiger partial charge is 0.673 e. The van der Waals surface area contributed by atoms with Crippen molar-refractivity contribution in [3.8, 4) is 0 Å². The van der Waals surface area contributed by atoms with E-state index in [9.17, 15) is 17.3 Å². The fraction of sp³-hybridized carbons (Fsp3) is 0.359. The second kappa shape index (κ2) is 24.0. The Kier molecular flexibility index (Phi) is 23.9. The third kappa shape index (κ3) is 16.4. The van der Waals surface area contributed by atoms with Crippen molar-refractivity contribution >= 4 is 34.4 Å². The Labute approximate surface area is 317 Å². The van der Waals surface area contributed by atoms with Gasteiger partial charge in [0.05, 0.1) is 0 Å². The van der Waals surface area contributed by atoms with E-state index >= 15 is 0 Å². The van der Waals surface area contributed by atoms with Gasteiger partial charge in [-0.2, -0.15) is 0 Å². The third-order valence-electron chi connectivity index (χ3n) is 8.70. The normalized spacial score (nSPS) is 20.6. The third-order valence-corrected chi connectivity index (χ3v) is 13.1. The van der Waals surface area contributed by atoms with E-state index in [1.165, 1.54) is 104 Å². The summed E-state index contributed by atoms with van der Waals surface area (Å²) in [6.07, 6.45) is 17.5. The summed E-state index contributed by atoms with van der Waals surface area (Å²) in [4.78, 5) is 0. The smallest absolute Gasteiger partial charge is 0.418 e. The maximum atomic E-state index is 9.75. The van der Waals surface area contributed by atoms with E-state index in [0.717, 1.165) is 0 Å². The minimum absolute atomic E-state index is 0. The molecule has 2 aromatic rings. The fourth-order valence-electron chi connectivity index (χ4n) is 5.20. The Bertz CT molecular complexity index is 1100. The van der Waals surface area contributed by atoms with E-state index in [0.29, 0.717) is 0 Å². The summed E-state index contributed by atoms with van der Waals surface area (Å²) >= 11 is 0. The van der Waals surface area contributed by atoms with Crippen molar-refractivity contribution in [3.05, 3.63) is 137 Å². The van der Waals surface area contributed by atoms with Gasteiger partial charge < -0.3 is 17.3 Å². The van der Waals surface area contributed by atoms with E-state index in [4.69, 9.17) is 0 Å². The molecule has 9 heteroatoms. The molecular weight excluding hydrogens is 776 g/mol. The monoisotopic (exact) mass is 826 g/mol. The molecular formula is C39H50BF4FeP2Rh-. The van der Waals surface area contributed by atoms with Crippen molar-refractivity contribution in [2.24, 2.45) is 0 Å². The molecule has 265 valence electrons. The van der Waals surface area contributed by atoms with Crippen LogP contribution in [0.1, 0.15) is 85.3 Å². The maximum Gasteiger partial charge on any atom is 0.673 e. The van der Waals surface area contributed by atoms with E-state index in [-0.39, 0.29) is 44.5 Å². The molecule has 3 aliphatic rings. The molecule has 0 bridgehead atoms. The number of allylic oxidation sites excluding steroid dienone is 4. The standard InChI is InChI=1S/C21H23P2.C10H15.C8H12.BF4.Fe.Rh/c1-15-9-5-7-11-20(15)23(21-12-8-6-10-16(21)2)14-19-18(4)17(3)13-22-19;1-6-7(2)9(4)10(5)8(6)3;1-2-4-6-8-7-5-3-1;2-1(3,4)5;;/h5-13H,14H2,1-4H3;1-5H3;1-2,7-8H,3-6H2;;;/q;;;-1;;/b;;2-1-,8-7-;;;. The zero-order chi connectivity index (χ0) is 34.4. The maximum absolute atomic E-state index is 9.75. The Morgan fingerprint density at radius 3 is 1.15 bits per heavy atom. The molecule has 1 saturated carbocycles. The van der Waals surface area contributed by atoms with Gasteiger partial charge in [0.1, 0.15) is 0 Å². The first-order valence-electron chi connectivity index (χ1n) is 16.0. The van der Waals surface area contributed by atoms with Crippen LogP contribution in [0.2, 0.25) is 0 Å². The fourth-order valence-corrected chi connectivity index (χ4v) is 9.53. The predicted molar refractivity (Wildman–Crippen MR) is 197 cm³/mol. The van der Waals surface area contributed by atoms with Crippen LogP contribution in [-0.2, 0) is 36.5 Å². The Morgan fingerprint density at radius 2 is 0.875 bits per heavy atom. The first-order chi connectivity index (χ1) is 21.6. The molecule has 2 aliphatic carbocycles. The van der Waals surface area contributed by atoms with Crippen molar-refractivity contribution in [2.45, 2.75) is 88.0 Å². The topological polar surface area (TPSA) is 0 Å². The first-order valence-corrected chi connectivity index (χ1v) is 18.5. The molecule has 5 rings (SSSR count).